The Morgan fingerprint density at radius 2 is 2.12 bits per heavy atom. The van der Waals surface area contributed by atoms with E-state index < -0.39 is 0 Å². The highest BCUT2D eigenvalue weighted by atomic mass is 32.2. The minimum atomic E-state index is -0.191. The predicted octanol–water partition coefficient (Wildman–Crippen LogP) is 1.69. The fourth-order valence-electron chi connectivity index (χ4n) is 2.02. The molecule has 0 spiro atoms. The molecule has 0 unspecified atom stereocenters. The second kappa shape index (κ2) is 8.44. The molecular weight excluding hydrogens is 330 g/mol. The number of nitrogens with zero attached hydrogens (tertiary/aromatic N) is 3. The Labute approximate surface area is 144 Å². The molecule has 9 heteroatoms. The molecule has 0 aliphatic heterocycles. The maximum absolute atomic E-state index is 12.1. The van der Waals surface area contributed by atoms with E-state index in [1.165, 1.54) is 23.5 Å². The molecule has 2 aromatic rings. The van der Waals surface area contributed by atoms with Crippen molar-refractivity contribution >= 4 is 23.4 Å². The topological polar surface area (TPSA) is 104 Å². The fraction of sp³-hybridized carbons (Fsp3) is 0.400. The molecule has 0 saturated heterocycles. The van der Waals surface area contributed by atoms with E-state index in [0.29, 0.717) is 28.2 Å². The third-order valence-electron chi connectivity index (χ3n) is 3.22. The Morgan fingerprint density at radius 1 is 1.33 bits per heavy atom. The van der Waals surface area contributed by atoms with Crippen molar-refractivity contribution in [1.82, 2.24) is 14.9 Å². The summed E-state index contributed by atoms with van der Waals surface area (Å²) in [6.45, 7) is 2.04. The molecule has 2 rings (SSSR count). The summed E-state index contributed by atoms with van der Waals surface area (Å²) in [6.07, 6.45) is 1.68. The number of nitrogen functional groups attached to an aromatic ring is 1. The Kier molecular flexibility index (Phi) is 6.30. The van der Waals surface area contributed by atoms with E-state index in [-0.39, 0.29) is 11.7 Å². The number of nitrogens with one attached hydrogen (secondary N) is 1. The van der Waals surface area contributed by atoms with Crippen LogP contribution in [0.3, 0.4) is 0 Å². The molecule has 0 saturated carbocycles. The van der Waals surface area contributed by atoms with Gasteiger partial charge in [-0.05, 0) is 18.6 Å². The van der Waals surface area contributed by atoms with Crippen LogP contribution >= 0.6 is 11.8 Å². The molecule has 0 aliphatic rings. The molecule has 24 heavy (non-hydrogen) atoms. The fourth-order valence-corrected chi connectivity index (χ4v) is 2.69. The van der Waals surface area contributed by atoms with Crippen LogP contribution in [0.15, 0.2) is 23.4 Å². The van der Waals surface area contributed by atoms with Crippen molar-refractivity contribution in [2.45, 2.75) is 24.9 Å². The molecule has 1 heterocycles. The predicted molar refractivity (Wildman–Crippen MR) is 93.1 cm³/mol. The molecule has 0 fully saturated rings. The van der Waals surface area contributed by atoms with Crippen LogP contribution in [0.2, 0.25) is 0 Å². The molecule has 0 atom stereocenters. The number of thioether (sulfide) groups is 1. The van der Waals surface area contributed by atoms with E-state index >= 15 is 0 Å². The molecule has 0 bridgehead atoms. The lowest BCUT2D eigenvalue weighted by Crippen LogP contribution is -2.17. The maximum atomic E-state index is 12.1. The molecule has 130 valence electrons. The summed E-state index contributed by atoms with van der Waals surface area (Å²) in [7, 11) is 3.10. The number of ether oxygens (including phenoxy) is 2. The number of benzene rings is 1. The molecule has 3 N–H and O–H groups in total. The van der Waals surface area contributed by atoms with Crippen LogP contribution in [0.4, 0.5) is 5.69 Å². The van der Waals surface area contributed by atoms with Gasteiger partial charge in [0.1, 0.15) is 11.5 Å². The number of nitrogens with two attached hydrogens (primary N) is 1. The van der Waals surface area contributed by atoms with E-state index in [1.807, 2.05) is 6.92 Å². The van der Waals surface area contributed by atoms with Crippen molar-refractivity contribution in [2.24, 2.45) is 0 Å². The highest BCUT2D eigenvalue weighted by molar-refractivity contribution is 7.99. The summed E-state index contributed by atoms with van der Waals surface area (Å²) in [5.41, 5.74) is 0.574. The number of hydrogen-bond acceptors (Lipinski definition) is 7. The third-order valence-corrected chi connectivity index (χ3v) is 4.17. The molecule has 8 nitrogen and oxygen atoms in total. The highest BCUT2D eigenvalue weighted by Crippen LogP contribution is 2.29. The van der Waals surface area contributed by atoms with E-state index in [9.17, 15) is 4.79 Å². The molecule has 0 radical (unpaired) electrons. The standard InChI is InChI=1S/C15H21N5O3S/c1-4-5-13-18-19-15(20(13)16)24-9-14(21)17-11-7-6-10(22-2)8-12(11)23-3/h6-8H,4-5,9,16H2,1-3H3,(H,17,21). The van der Waals surface area contributed by atoms with Crippen LogP contribution in [0.5, 0.6) is 11.5 Å². The minimum absolute atomic E-state index is 0.163. The van der Waals surface area contributed by atoms with Gasteiger partial charge in [0.25, 0.3) is 0 Å². The van der Waals surface area contributed by atoms with Gasteiger partial charge in [-0.3, -0.25) is 4.79 Å². The average molecular weight is 351 g/mol. The van der Waals surface area contributed by atoms with Gasteiger partial charge in [0.15, 0.2) is 5.82 Å². The first kappa shape index (κ1) is 17.9. The van der Waals surface area contributed by atoms with Gasteiger partial charge in [0.05, 0.1) is 25.7 Å². The zero-order valence-corrected chi connectivity index (χ0v) is 14.7. The number of rotatable bonds is 8. The maximum Gasteiger partial charge on any atom is 0.234 e. The summed E-state index contributed by atoms with van der Waals surface area (Å²) in [4.78, 5) is 12.1. The number of hydrogen-bond donors (Lipinski definition) is 2. The van der Waals surface area contributed by atoms with Crippen molar-refractivity contribution in [3.8, 4) is 11.5 Å². The minimum Gasteiger partial charge on any atom is -0.497 e. The molecule has 1 aromatic carbocycles. The van der Waals surface area contributed by atoms with Gasteiger partial charge in [-0.15, -0.1) is 10.2 Å². The third kappa shape index (κ3) is 4.31. The van der Waals surface area contributed by atoms with E-state index in [4.69, 9.17) is 15.3 Å². The Morgan fingerprint density at radius 3 is 2.79 bits per heavy atom. The number of carbonyl (C=O) groups is 1. The van der Waals surface area contributed by atoms with Crippen LogP contribution in [-0.4, -0.2) is 40.8 Å². The monoisotopic (exact) mass is 351 g/mol. The number of amides is 1. The van der Waals surface area contributed by atoms with Gasteiger partial charge < -0.3 is 20.6 Å². The van der Waals surface area contributed by atoms with Crippen LogP contribution in [0, 0.1) is 0 Å². The largest absolute Gasteiger partial charge is 0.497 e. The summed E-state index contributed by atoms with van der Waals surface area (Å²) in [6, 6.07) is 5.18. The highest BCUT2D eigenvalue weighted by Gasteiger charge is 2.13. The van der Waals surface area contributed by atoms with E-state index in [0.717, 1.165) is 12.8 Å². The zero-order chi connectivity index (χ0) is 17.5. The van der Waals surface area contributed by atoms with Crippen LogP contribution in [0.25, 0.3) is 0 Å². The molecule has 1 aromatic heterocycles. The number of carbonyl (C=O) groups excluding carboxylic acids is 1. The second-order valence-corrected chi connectivity index (χ2v) is 5.86. The average Bonchev–Trinajstić information content (AvgIpc) is 2.94. The van der Waals surface area contributed by atoms with Crippen molar-refractivity contribution in [1.29, 1.82) is 0 Å². The van der Waals surface area contributed by atoms with Crippen molar-refractivity contribution < 1.29 is 14.3 Å². The zero-order valence-electron chi connectivity index (χ0n) is 13.9. The SMILES string of the molecule is CCCc1nnc(SCC(=O)Nc2ccc(OC)cc2OC)n1N. The van der Waals surface area contributed by atoms with Gasteiger partial charge in [0.2, 0.25) is 11.1 Å². The molecule has 1 amide bonds. The van der Waals surface area contributed by atoms with Crippen LogP contribution in [0.1, 0.15) is 19.2 Å². The Bertz CT molecular complexity index is 704. The summed E-state index contributed by atoms with van der Waals surface area (Å²) in [5, 5.41) is 11.3. The quantitative estimate of drug-likeness (QED) is 0.551. The van der Waals surface area contributed by atoms with Crippen molar-refractivity contribution in [2.75, 3.05) is 31.1 Å². The lowest BCUT2D eigenvalue weighted by molar-refractivity contribution is -0.113. The first-order valence-corrected chi connectivity index (χ1v) is 8.41. The van der Waals surface area contributed by atoms with Crippen molar-refractivity contribution in [3.05, 3.63) is 24.0 Å². The summed E-state index contributed by atoms with van der Waals surface area (Å²) < 4.78 is 11.8. The van der Waals surface area contributed by atoms with Crippen LogP contribution < -0.4 is 20.6 Å². The van der Waals surface area contributed by atoms with Gasteiger partial charge >= 0.3 is 0 Å². The molecular formula is C15H21N5O3S. The normalized spacial score (nSPS) is 10.5. The number of anilines is 1. The van der Waals surface area contributed by atoms with Gasteiger partial charge in [-0.1, -0.05) is 18.7 Å². The first-order chi connectivity index (χ1) is 11.6. The smallest absolute Gasteiger partial charge is 0.234 e. The first-order valence-electron chi connectivity index (χ1n) is 7.43. The van der Waals surface area contributed by atoms with Gasteiger partial charge in [0, 0.05) is 12.5 Å². The molecule has 0 aliphatic carbocycles. The Hall–Kier alpha value is -2.42. The number of aryl methyl sites for hydroxylation is 1. The van der Waals surface area contributed by atoms with E-state index in [2.05, 4.69) is 15.5 Å². The van der Waals surface area contributed by atoms with Crippen molar-refractivity contribution in [3.63, 3.8) is 0 Å². The summed E-state index contributed by atoms with van der Waals surface area (Å²) >= 11 is 1.23. The lowest BCUT2D eigenvalue weighted by atomic mass is 10.2. The second-order valence-electron chi connectivity index (χ2n) is 4.92. The number of aromatic nitrogens is 3. The van der Waals surface area contributed by atoms with Crippen LogP contribution in [-0.2, 0) is 11.2 Å². The van der Waals surface area contributed by atoms with E-state index in [1.54, 1.807) is 25.3 Å². The number of methoxy groups -OCH3 is 2. The van der Waals surface area contributed by atoms with Gasteiger partial charge in [-0.2, -0.15) is 0 Å². The lowest BCUT2D eigenvalue weighted by Gasteiger charge is -2.11. The Balaban J connectivity index is 1.96. The van der Waals surface area contributed by atoms with Gasteiger partial charge in [-0.25, -0.2) is 4.68 Å². The summed E-state index contributed by atoms with van der Waals surface area (Å²) in [5.74, 6) is 7.77.